The first-order valence-electron chi connectivity index (χ1n) is 6.19. The average molecular weight is 250 g/mol. The largest absolute Gasteiger partial charge is 0.476 e. The van der Waals surface area contributed by atoms with Crippen molar-refractivity contribution in [3.05, 3.63) is 24.0 Å². The maximum Gasteiger partial charge on any atom is 0.356 e. The SMILES string of the molecule is CN(CC1CCCCO1)c1cccnc1C(=O)O. The van der Waals surface area contributed by atoms with E-state index in [1.54, 1.807) is 12.1 Å². The van der Waals surface area contributed by atoms with Gasteiger partial charge in [0.1, 0.15) is 0 Å². The molecule has 18 heavy (non-hydrogen) atoms. The van der Waals surface area contributed by atoms with Gasteiger partial charge in [-0.3, -0.25) is 0 Å². The van der Waals surface area contributed by atoms with Crippen LogP contribution >= 0.6 is 0 Å². The summed E-state index contributed by atoms with van der Waals surface area (Å²) in [5.74, 6) is -0.998. The molecular formula is C13H18N2O3. The number of carboxylic acid groups (broad SMARTS) is 1. The van der Waals surface area contributed by atoms with E-state index >= 15 is 0 Å². The van der Waals surface area contributed by atoms with E-state index in [0.29, 0.717) is 12.2 Å². The highest BCUT2D eigenvalue weighted by atomic mass is 16.5. The van der Waals surface area contributed by atoms with Gasteiger partial charge in [0.2, 0.25) is 0 Å². The Kier molecular flexibility index (Phi) is 4.15. The molecule has 0 radical (unpaired) electrons. The number of aromatic carboxylic acids is 1. The van der Waals surface area contributed by atoms with Gasteiger partial charge in [0.05, 0.1) is 11.8 Å². The zero-order chi connectivity index (χ0) is 13.0. The molecule has 1 atom stereocenters. The summed E-state index contributed by atoms with van der Waals surface area (Å²) < 4.78 is 5.66. The van der Waals surface area contributed by atoms with E-state index in [1.807, 2.05) is 11.9 Å². The van der Waals surface area contributed by atoms with Gasteiger partial charge in [-0.05, 0) is 31.4 Å². The van der Waals surface area contributed by atoms with Gasteiger partial charge in [-0.2, -0.15) is 0 Å². The number of hydrogen-bond donors (Lipinski definition) is 1. The van der Waals surface area contributed by atoms with Crippen molar-refractivity contribution in [2.45, 2.75) is 25.4 Å². The summed E-state index contributed by atoms with van der Waals surface area (Å²) >= 11 is 0. The Morgan fingerprint density at radius 3 is 3.11 bits per heavy atom. The smallest absolute Gasteiger partial charge is 0.356 e. The van der Waals surface area contributed by atoms with Crippen LogP contribution in [-0.4, -0.2) is 42.4 Å². The number of pyridine rings is 1. The Morgan fingerprint density at radius 1 is 1.61 bits per heavy atom. The van der Waals surface area contributed by atoms with Gasteiger partial charge in [0.25, 0.3) is 0 Å². The zero-order valence-electron chi connectivity index (χ0n) is 10.5. The van der Waals surface area contributed by atoms with Crippen LogP contribution in [0.2, 0.25) is 0 Å². The molecule has 98 valence electrons. The topological polar surface area (TPSA) is 62.7 Å². The van der Waals surface area contributed by atoms with Crippen LogP contribution in [0.25, 0.3) is 0 Å². The molecule has 0 amide bonds. The lowest BCUT2D eigenvalue weighted by Gasteiger charge is -2.29. The number of hydrogen-bond acceptors (Lipinski definition) is 4. The Bertz CT molecular complexity index is 416. The molecule has 0 spiro atoms. The van der Waals surface area contributed by atoms with Crippen LogP contribution in [-0.2, 0) is 4.74 Å². The average Bonchev–Trinajstić information content (AvgIpc) is 2.40. The summed E-state index contributed by atoms with van der Waals surface area (Å²) in [6.07, 6.45) is 5.01. The molecule has 5 heteroatoms. The lowest BCUT2D eigenvalue weighted by Crippen LogP contribution is -2.34. The van der Waals surface area contributed by atoms with Crippen LogP contribution in [0.4, 0.5) is 5.69 Å². The summed E-state index contributed by atoms with van der Waals surface area (Å²) in [6.45, 7) is 1.50. The molecule has 5 nitrogen and oxygen atoms in total. The number of anilines is 1. The van der Waals surface area contributed by atoms with Crippen molar-refractivity contribution in [3.63, 3.8) is 0 Å². The molecule has 1 aromatic rings. The van der Waals surface area contributed by atoms with E-state index in [9.17, 15) is 4.79 Å². The van der Waals surface area contributed by atoms with Gasteiger partial charge < -0.3 is 14.7 Å². The summed E-state index contributed by atoms with van der Waals surface area (Å²) in [5, 5.41) is 9.10. The van der Waals surface area contributed by atoms with Crippen molar-refractivity contribution in [2.24, 2.45) is 0 Å². The number of carboxylic acids is 1. The van der Waals surface area contributed by atoms with Gasteiger partial charge in [0, 0.05) is 26.4 Å². The van der Waals surface area contributed by atoms with Crippen LogP contribution in [0.15, 0.2) is 18.3 Å². The molecule has 1 aliphatic heterocycles. The predicted molar refractivity (Wildman–Crippen MR) is 68.1 cm³/mol. The Morgan fingerprint density at radius 2 is 2.44 bits per heavy atom. The van der Waals surface area contributed by atoms with Crippen LogP contribution < -0.4 is 4.90 Å². The van der Waals surface area contributed by atoms with Crippen LogP contribution in [0.5, 0.6) is 0 Å². The highest BCUT2D eigenvalue weighted by Gasteiger charge is 2.19. The molecule has 0 aromatic carbocycles. The molecule has 1 saturated heterocycles. The van der Waals surface area contributed by atoms with E-state index in [2.05, 4.69) is 4.98 Å². The second-order valence-electron chi connectivity index (χ2n) is 4.55. The number of rotatable bonds is 4. The second kappa shape index (κ2) is 5.82. The normalized spacial score (nSPS) is 19.5. The van der Waals surface area contributed by atoms with Gasteiger partial charge in [-0.15, -0.1) is 0 Å². The first-order valence-corrected chi connectivity index (χ1v) is 6.19. The number of nitrogens with zero attached hydrogens (tertiary/aromatic N) is 2. The van der Waals surface area contributed by atoms with E-state index in [4.69, 9.17) is 9.84 Å². The number of ether oxygens (including phenoxy) is 1. The number of likely N-dealkylation sites (N-methyl/N-ethyl adjacent to an activating group) is 1. The summed E-state index contributed by atoms with van der Waals surface area (Å²) in [5.41, 5.74) is 0.731. The van der Waals surface area contributed by atoms with Gasteiger partial charge in [0.15, 0.2) is 5.69 Å². The summed E-state index contributed by atoms with van der Waals surface area (Å²) in [7, 11) is 1.88. The Labute approximate surface area is 106 Å². The Balaban J connectivity index is 2.08. The maximum atomic E-state index is 11.1. The maximum absolute atomic E-state index is 11.1. The molecule has 1 fully saturated rings. The van der Waals surface area contributed by atoms with Crippen molar-refractivity contribution in [1.29, 1.82) is 0 Å². The van der Waals surface area contributed by atoms with Crippen molar-refractivity contribution in [3.8, 4) is 0 Å². The summed E-state index contributed by atoms with van der Waals surface area (Å²) in [6, 6.07) is 3.53. The standard InChI is InChI=1S/C13H18N2O3/c1-15(9-10-5-2-3-8-18-10)11-6-4-7-14-12(11)13(16)17/h4,6-7,10H,2-3,5,8-9H2,1H3,(H,16,17). The molecule has 0 bridgehead atoms. The van der Waals surface area contributed by atoms with E-state index < -0.39 is 5.97 Å². The fraction of sp³-hybridized carbons (Fsp3) is 0.538. The molecule has 2 heterocycles. The molecule has 1 unspecified atom stereocenters. The second-order valence-corrected chi connectivity index (χ2v) is 4.55. The quantitative estimate of drug-likeness (QED) is 0.882. The minimum Gasteiger partial charge on any atom is -0.476 e. The monoisotopic (exact) mass is 250 g/mol. The van der Waals surface area contributed by atoms with Gasteiger partial charge >= 0.3 is 5.97 Å². The third kappa shape index (κ3) is 2.98. The fourth-order valence-electron chi connectivity index (χ4n) is 2.22. The fourth-order valence-corrected chi connectivity index (χ4v) is 2.22. The van der Waals surface area contributed by atoms with E-state index in [1.165, 1.54) is 12.6 Å². The molecule has 2 rings (SSSR count). The highest BCUT2D eigenvalue weighted by molar-refractivity contribution is 5.92. The van der Waals surface area contributed by atoms with Gasteiger partial charge in [-0.1, -0.05) is 0 Å². The van der Waals surface area contributed by atoms with Crippen molar-refractivity contribution in [1.82, 2.24) is 4.98 Å². The molecule has 0 saturated carbocycles. The molecule has 1 N–H and O–H groups in total. The predicted octanol–water partition coefficient (Wildman–Crippen LogP) is 1.79. The third-order valence-electron chi connectivity index (χ3n) is 3.15. The van der Waals surface area contributed by atoms with Crippen LogP contribution in [0.3, 0.4) is 0 Å². The Hall–Kier alpha value is -1.62. The van der Waals surface area contributed by atoms with E-state index in [0.717, 1.165) is 19.4 Å². The first-order chi connectivity index (χ1) is 8.68. The van der Waals surface area contributed by atoms with Crippen molar-refractivity contribution >= 4 is 11.7 Å². The minimum atomic E-state index is -0.998. The lowest BCUT2D eigenvalue weighted by atomic mass is 10.1. The molecular weight excluding hydrogens is 232 g/mol. The number of carbonyl (C=O) groups is 1. The zero-order valence-corrected chi connectivity index (χ0v) is 10.5. The minimum absolute atomic E-state index is 0.0933. The molecule has 0 aliphatic carbocycles. The van der Waals surface area contributed by atoms with Gasteiger partial charge in [-0.25, -0.2) is 9.78 Å². The molecule has 1 aliphatic rings. The van der Waals surface area contributed by atoms with Crippen molar-refractivity contribution < 1.29 is 14.6 Å². The van der Waals surface area contributed by atoms with Crippen LogP contribution in [0.1, 0.15) is 29.8 Å². The van der Waals surface area contributed by atoms with Crippen molar-refractivity contribution in [2.75, 3.05) is 25.1 Å². The highest BCUT2D eigenvalue weighted by Crippen LogP contribution is 2.20. The first kappa shape index (κ1) is 12.8. The third-order valence-corrected chi connectivity index (χ3v) is 3.15. The van der Waals surface area contributed by atoms with Crippen LogP contribution in [0, 0.1) is 0 Å². The summed E-state index contributed by atoms with van der Waals surface area (Å²) in [4.78, 5) is 16.9. The molecule has 1 aromatic heterocycles. The lowest BCUT2D eigenvalue weighted by molar-refractivity contribution is 0.0215. The number of aromatic nitrogens is 1. The van der Waals surface area contributed by atoms with E-state index in [-0.39, 0.29) is 11.8 Å².